The zero-order valence-electron chi connectivity index (χ0n) is 14.2. The maximum Gasteiger partial charge on any atom is 0.410 e. The van der Waals surface area contributed by atoms with E-state index in [4.69, 9.17) is 16.3 Å². The number of nitrogens with zero attached hydrogens (tertiary/aromatic N) is 3. The Morgan fingerprint density at radius 1 is 1.33 bits per heavy atom. The number of rotatable bonds is 2. The summed E-state index contributed by atoms with van der Waals surface area (Å²) in [6, 6.07) is 0. The highest BCUT2D eigenvalue weighted by atomic mass is 35.5. The number of sulfone groups is 1. The highest BCUT2D eigenvalue weighted by Crippen LogP contribution is 2.24. The van der Waals surface area contributed by atoms with Gasteiger partial charge in [0.05, 0.1) is 5.25 Å². The average Bonchev–Trinajstić information content (AvgIpc) is 2.48. The molecule has 0 bridgehead atoms. The van der Waals surface area contributed by atoms with Gasteiger partial charge in [0.15, 0.2) is 0 Å². The molecule has 1 aromatic rings. The molecule has 7 nitrogen and oxygen atoms in total. The lowest BCUT2D eigenvalue weighted by atomic mass is 10.1. The monoisotopic (exact) mass is 375 g/mol. The normalized spacial score (nSPS) is 17.0. The van der Waals surface area contributed by atoms with Crippen LogP contribution in [0.15, 0.2) is 11.4 Å². The van der Waals surface area contributed by atoms with Crippen LogP contribution in [0.4, 0.5) is 4.79 Å². The van der Waals surface area contributed by atoms with E-state index in [1.807, 2.05) is 0 Å². The fraction of sp³-hybridized carbons (Fsp3) is 0.667. The van der Waals surface area contributed by atoms with Gasteiger partial charge < -0.3 is 9.64 Å². The average molecular weight is 376 g/mol. The van der Waals surface area contributed by atoms with Gasteiger partial charge in [0, 0.05) is 24.8 Å². The van der Waals surface area contributed by atoms with Crippen molar-refractivity contribution >= 4 is 27.5 Å². The largest absolute Gasteiger partial charge is 0.444 e. The number of likely N-dealkylation sites (tertiary alicyclic amines) is 1. The Balaban J connectivity index is 2.05. The van der Waals surface area contributed by atoms with Crippen LogP contribution >= 0.6 is 11.6 Å². The number of piperidine rings is 1. The van der Waals surface area contributed by atoms with E-state index >= 15 is 0 Å². The summed E-state index contributed by atoms with van der Waals surface area (Å²) in [6.07, 6.45) is 1.61. The number of halogens is 1. The number of aryl methyl sites for hydroxylation is 1. The smallest absolute Gasteiger partial charge is 0.410 e. The molecule has 0 unspecified atom stereocenters. The molecule has 9 heteroatoms. The molecule has 2 heterocycles. The predicted octanol–water partition coefficient (Wildman–Crippen LogP) is 2.61. The van der Waals surface area contributed by atoms with Gasteiger partial charge in [-0.1, -0.05) is 11.6 Å². The van der Waals surface area contributed by atoms with E-state index in [1.54, 1.807) is 27.7 Å². The Labute approximate surface area is 147 Å². The van der Waals surface area contributed by atoms with Gasteiger partial charge in [0.2, 0.25) is 15.0 Å². The van der Waals surface area contributed by atoms with Crippen LogP contribution in [0.2, 0.25) is 5.15 Å². The highest BCUT2D eigenvalue weighted by molar-refractivity contribution is 7.91. The molecule has 1 aliphatic rings. The van der Waals surface area contributed by atoms with Crippen molar-refractivity contribution in [3.63, 3.8) is 0 Å². The molecule has 1 fully saturated rings. The summed E-state index contributed by atoms with van der Waals surface area (Å²) in [7, 11) is -3.67. The zero-order chi connectivity index (χ0) is 18.1. The second-order valence-electron chi connectivity index (χ2n) is 6.84. The zero-order valence-corrected chi connectivity index (χ0v) is 15.8. The first-order chi connectivity index (χ1) is 11.0. The van der Waals surface area contributed by atoms with Gasteiger partial charge in [-0.05, 0) is 40.5 Å². The van der Waals surface area contributed by atoms with Gasteiger partial charge in [-0.2, -0.15) is 0 Å². The first-order valence-corrected chi connectivity index (χ1v) is 9.64. The standard InChI is InChI=1S/C15H22ClN3O4S/c1-10-9-17-13(18-12(10)16)24(21,22)11-5-7-19(8-6-11)14(20)23-15(2,3)4/h9,11H,5-8H2,1-4H3. The molecule has 0 aliphatic carbocycles. The molecule has 24 heavy (non-hydrogen) atoms. The number of carbonyl (C=O) groups is 1. The molecule has 1 amide bonds. The van der Waals surface area contributed by atoms with Crippen LogP contribution in [-0.2, 0) is 14.6 Å². The van der Waals surface area contributed by atoms with Crippen molar-refractivity contribution in [3.8, 4) is 0 Å². The third-order valence-corrected chi connectivity index (χ3v) is 6.11. The second kappa shape index (κ2) is 6.84. The lowest BCUT2D eigenvalue weighted by Crippen LogP contribution is -2.44. The number of ether oxygens (including phenoxy) is 1. The minimum atomic E-state index is -3.67. The summed E-state index contributed by atoms with van der Waals surface area (Å²) in [5, 5.41) is -0.751. The van der Waals surface area contributed by atoms with Gasteiger partial charge in [-0.15, -0.1) is 0 Å². The number of hydrogen-bond donors (Lipinski definition) is 0. The van der Waals surface area contributed by atoms with Crippen LogP contribution < -0.4 is 0 Å². The van der Waals surface area contributed by atoms with Gasteiger partial charge in [-0.3, -0.25) is 0 Å². The van der Waals surface area contributed by atoms with E-state index in [0.717, 1.165) is 0 Å². The molecular weight excluding hydrogens is 354 g/mol. The first kappa shape index (κ1) is 18.9. The quantitative estimate of drug-likeness (QED) is 0.583. The Kier molecular flexibility index (Phi) is 5.39. The third kappa shape index (κ3) is 4.36. The Bertz CT molecular complexity index is 723. The van der Waals surface area contributed by atoms with E-state index in [1.165, 1.54) is 11.1 Å². The second-order valence-corrected chi connectivity index (χ2v) is 9.32. The number of amides is 1. The summed E-state index contributed by atoms with van der Waals surface area (Å²) in [5.74, 6) is 0. The van der Waals surface area contributed by atoms with Crippen LogP contribution in [-0.4, -0.2) is 53.3 Å². The molecule has 1 aromatic heterocycles. The molecule has 2 rings (SSSR count). The summed E-state index contributed by atoms with van der Waals surface area (Å²) in [5.41, 5.74) is 0.0438. The van der Waals surface area contributed by atoms with Gasteiger partial charge >= 0.3 is 6.09 Å². The summed E-state index contributed by atoms with van der Waals surface area (Å²) >= 11 is 5.90. The van der Waals surface area contributed by atoms with Crippen LogP contribution in [0.5, 0.6) is 0 Å². The molecule has 0 spiro atoms. The van der Waals surface area contributed by atoms with Crippen LogP contribution in [0.3, 0.4) is 0 Å². The predicted molar refractivity (Wildman–Crippen MR) is 89.8 cm³/mol. The van der Waals surface area contributed by atoms with Crippen molar-refractivity contribution in [1.82, 2.24) is 14.9 Å². The Morgan fingerprint density at radius 2 is 1.92 bits per heavy atom. The van der Waals surface area contributed by atoms with E-state index in [9.17, 15) is 13.2 Å². The van der Waals surface area contributed by atoms with Crippen molar-refractivity contribution < 1.29 is 17.9 Å². The maximum absolute atomic E-state index is 12.6. The molecule has 0 N–H and O–H groups in total. The number of hydrogen-bond acceptors (Lipinski definition) is 6. The van der Waals surface area contributed by atoms with Crippen LogP contribution in [0.25, 0.3) is 0 Å². The Morgan fingerprint density at radius 3 is 2.42 bits per heavy atom. The summed E-state index contributed by atoms with van der Waals surface area (Å²) in [6.45, 7) is 7.72. The van der Waals surface area contributed by atoms with Crippen molar-refractivity contribution in [3.05, 3.63) is 16.9 Å². The van der Waals surface area contributed by atoms with Crippen LogP contribution in [0, 0.1) is 6.92 Å². The lowest BCUT2D eigenvalue weighted by molar-refractivity contribution is 0.0217. The van der Waals surface area contributed by atoms with Crippen molar-refractivity contribution in [2.24, 2.45) is 0 Å². The number of carbonyl (C=O) groups excluding carboxylic acids is 1. The topological polar surface area (TPSA) is 89.5 Å². The molecule has 134 valence electrons. The lowest BCUT2D eigenvalue weighted by Gasteiger charge is -2.32. The molecular formula is C15H22ClN3O4S. The highest BCUT2D eigenvalue weighted by Gasteiger charge is 2.35. The van der Waals surface area contributed by atoms with E-state index in [0.29, 0.717) is 31.5 Å². The van der Waals surface area contributed by atoms with Gasteiger partial charge in [-0.25, -0.2) is 23.2 Å². The molecule has 0 aromatic carbocycles. The number of aromatic nitrogens is 2. The van der Waals surface area contributed by atoms with Crippen molar-refractivity contribution in [2.75, 3.05) is 13.1 Å². The van der Waals surface area contributed by atoms with E-state index in [2.05, 4.69) is 9.97 Å². The summed E-state index contributed by atoms with van der Waals surface area (Å²) in [4.78, 5) is 21.3. The maximum atomic E-state index is 12.6. The fourth-order valence-corrected chi connectivity index (χ4v) is 4.09. The van der Waals surface area contributed by atoms with Gasteiger partial charge in [0.1, 0.15) is 10.8 Å². The fourth-order valence-electron chi connectivity index (χ4n) is 2.37. The van der Waals surface area contributed by atoms with Gasteiger partial charge in [0.25, 0.3) is 0 Å². The van der Waals surface area contributed by atoms with Crippen LogP contribution in [0.1, 0.15) is 39.2 Å². The molecule has 0 radical (unpaired) electrons. The third-order valence-electron chi connectivity index (χ3n) is 3.67. The van der Waals surface area contributed by atoms with Crippen molar-refractivity contribution in [2.45, 2.75) is 56.5 Å². The molecule has 0 saturated carbocycles. The first-order valence-electron chi connectivity index (χ1n) is 7.71. The molecule has 0 atom stereocenters. The Hall–Kier alpha value is -1.41. The minimum absolute atomic E-state index is 0.134. The minimum Gasteiger partial charge on any atom is -0.444 e. The SMILES string of the molecule is Cc1cnc(S(=O)(=O)C2CCN(C(=O)OC(C)(C)C)CC2)nc1Cl. The summed E-state index contributed by atoms with van der Waals surface area (Å²) < 4.78 is 30.6. The molecule has 1 saturated heterocycles. The van der Waals surface area contributed by atoms with E-state index in [-0.39, 0.29) is 10.3 Å². The van der Waals surface area contributed by atoms with Crippen molar-refractivity contribution in [1.29, 1.82) is 0 Å². The molecule has 1 aliphatic heterocycles. The van der Waals surface area contributed by atoms with E-state index < -0.39 is 26.8 Å².